The molecule has 2 heterocycles. The molecule has 1 aliphatic heterocycles. The van der Waals surface area contributed by atoms with Crippen LogP contribution in [0.3, 0.4) is 0 Å². The minimum Gasteiger partial charge on any atom is -0.465 e. The number of para-hydroxylation sites is 1. The second kappa shape index (κ2) is 7.55. The monoisotopic (exact) mass is 390 g/mol. The Morgan fingerprint density at radius 1 is 1.10 bits per heavy atom. The fraction of sp³-hybridized carbons (Fsp3) is 0.150. The smallest absolute Gasteiger partial charge is 0.337 e. The molecule has 146 valence electrons. The van der Waals surface area contributed by atoms with Gasteiger partial charge in [-0.3, -0.25) is 4.79 Å². The SMILES string of the molecule is COC(=O)c1ccc(C2C(C(=O)Nc3ccccc3)=C(C)Nc3nnnn32)cc1. The molecule has 0 bridgehead atoms. The maximum absolute atomic E-state index is 13.1. The molecule has 2 aromatic carbocycles. The van der Waals surface area contributed by atoms with Crippen molar-refractivity contribution in [3.05, 3.63) is 77.0 Å². The second-order valence-electron chi connectivity index (χ2n) is 6.45. The van der Waals surface area contributed by atoms with Gasteiger partial charge in [-0.1, -0.05) is 35.4 Å². The first-order valence-corrected chi connectivity index (χ1v) is 8.89. The number of hydrogen-bond donors (Lipinski definition) is 2. The number of tetrazole rings is 1. The Hall–Kier alpha value is -4.01. The minimum absolute atomic E-state index is 0.274. The van der Waals surface area contributed by atoms with Gasteiger partial charge in [-0.25, -0.2) is 4.79 Å². The Kier molecular flexibility index (Phi) is 4.78. The summed E-state index contributed by atoms with van der Waals surface area (Å²) in [6, 6.07) is 15.5. The standard InChI is InChI=1S/C20H18N6O3/c1-12-16(18(27)22-15-6-4-3-5-7-15)17(26-20(21-12)23-24-25-26)13-8-10-14(11-9-13)19(28)29-2/h3-11,17H,1-2H3,(H,22,27)(H,21,23,25). The molecule has 0 saturated heterocycles. The fourth-order valence-corrected chi connectivity index (χ4v) is 3.25. The van der Waals surface area contributed by atoms with E-state index in [2.05, 4.69) is 26.2 Å². The van der Waals surface area contributed by atoms with Crippen LogP contribution < -0.4 is 10.6 Å². The highest BCUT2D eigenvalue weighted by Crippen LogP contribution is 2.35. The molecule has 3 aromatic rings. The molecule has 0 fully saturated rings. The largest absolute Gasteiger partial charge is 0.465 e. The second-order valence-corrected chi connectivity index (χ2v) is 6.45. The molecule has 9 heteroatoms. The zero-order valence-corrected chi connectivity index (χ0v) is 15.8. The van der Waals surface area contributed by atoms with E-state index in [-0.39, 0.29) is 5.91 Å². The van der Waals surface area contributed by atoms with Gasteiger partial charge in [-0.15, -0.1) is 0 Å². The van der Waals surface area contributed by atoms with Gasteiger partial charge in [0.1, 0.15) is 6.04 Å². The summed E-state index contributed by atoms with van der Waals surface area (Å²) in [7, 11) is 1.33. The summed E-state index contributed by atoms with van der Waals surface area (Å²) in [6.07, 6.45) is 0. The van der Waals surface area contributed by atoms with Crippen molar-refractivity contribution in [3.63, 3.8) is 0 Å². The normalized spacial score (nSPS) is 15.3. The number of ether oxygens (including phenoxy) is 1. The molecule has 2 N–H and O–H groups in total. The number of rotatable bonds is 4. The van der Waals surface area contributed by atoms with Crippen molar-refractivity contribution >= 4 is 23.5 Å². The minimum atomic E-state index is -0.559. The molecule has 29 heavy (non-hydrogen) atoms. The number of anilines is 2. The molecule has 1 amide bonds. The van der Waals surface area contributed by atoms with Crippen LogP contribution in [0.1, 0.15) is 28.9 Å². The molecule has 0 radical (unpaired) electrons. The molecule has 4 rings (SSSR count). The molecule has 0 aliphatic carbocycles. The lowest BCUT2D eigenvalue weighted by molar-refractivity contribution is -0.113. The van der Waals surface area contributed by atoms with E-state index in [4.69, 9.17) is 4.74 Å². The van der Waals surface area contributed by atoms with E-state index in [1.54, 1.807) is 35.9 Å². The molecule has 1 atom stereocenters. The Balaban J connectivity index is 1.74. The fourth-order valence-electron chi connectivity index (χ4n) is 3.25. The van der Waals surface area contributed by atoms with Crippen LogP contribution >= 0.6 is 0 Å². The van der Waals surface area contributed by atoms with Gasteiger partial charge in [-0.05, 0) is 47.2 Å². The van der Waals surface area contributed by atoms with E-state index in [9.17, 15) is 9.59 Å². The van der Waals surface area contributed by atoms with Crippen molar-refractivity contribution in [1.82, 2.24) is 20.2 Å². The number of methoxy groups -OCH3 is 1. The predicted octanol–water partition coefficient (Wildman–Crippen LogP) is 2.39. The molecule has 1 unspecified atom stereocenters. The highest BCUT2D eigenvalue weighted by molar-refractivity contribution is 6.06. The van der Waals surface area contributed by atoms with Gasteiger partial charge in [0.25, 0.3) is 5.91 Å². The van der Waals surface area contributed by atoms with Crippen LogP contribution in [-0.2, 0) is 9.53 Å². The summed E-state index contributed by atoms with van der Waals surface area (Å²) in [5, 5.41) is 17.7. The Bertz CT molecular complexity index is 1090. The van der Waals surface area contributed by atoms with E-state index in [0.717, 1.165) is 5.56 Å². The van der Waals surface area contributed by atoms with E-state index < -0.39 is 12.0 Å². The quantitative estimate of drug-likeness (QED) is 0.658. The topological polar surface area (TPSA) is 111 Å². The van der Waals surface area contributed by atoms with Gasteiger partial charge in [0.05, 0.1) is 18.2 Å². The van der Waals surface area contributed by atoms with E-state index >= 15 is 0 Å². The molecule has 9 nitrogen and oxygen atoms in total. The number of carbonyl (C=O) groups excluding carboxylic acids is 2. The average molecular weight is 390 g/mol. The van der Waals surface area contributed by atoms with Crippen molar-refractivity contribution in [2.75, 3.05) is 17.7 Å². The third-order valence-corrected chi connectivity index (χ3v) is 4.64. The summed E-state index contributed by atoms with van der Waals surface area (Å²) >= 11 is 0. The van der Waals surface area contributed by atoms with Crippen LogP contribution in [-0.4, -0.2) is 39.2 Å². The maximum atomic E-state index is 13.1. The lowest BCUT2D eigenvalue weighted by atomic mass is 9.94. The third-order valence-electron chi connectivity index (χ3n) is 4.64. The summed E-state index contributed by atoms with van der Waals surface area (Å²) in [6.45, 7) is 1.80. The number of aromatic nitrogens is 4. The molecule has 0 saturated carbocycles. The molecule has 1 aromatic heterocycles. The predicted molar refractivity (Wildman–Crippen MR) is 105 cm³/mol. The van der Waals surface area contributed by atoms with Crippen molar-refractivity contribution in [1.29, 1.82) is 0 Å². The van der Waals surface area contributed by atoms with E-state index in [0.29, 0.717) is 28.5 Å². The summed E-state index contributed by atoms with van der Waals surface area (Å²) in [4.78, 5) is 24.9. The zero-order valence-electron chi connectivity index (χ0n) is 15.8. The van der Waals surface area contributed by atoms with Gasteiger partial charge in [0, 0.05) is 11.4 Å². The summed E-state index contributed by atoms with van der Waals surface area (Å²) in [5.74, 6) is -0.274. The van der Waals surface area contributed by atoms with Crippen LogP contribution in [0.15, 0.2) is 65.9 Å². The molecule has 1 aliphatic rings. The molecule has 0 spiro atoms. The van der Waals surface area contributed by atoms with Gasteiger partial charge in [0.15, 0.2) is 0 Å². The first-order chi connectivity index (χ1) is 14.1. The number of hydrogen-bond acceptors (Lipinski definition) is 7. The maximum Gasteiger partial charge on any atom is 0.337 e. The van der Waals surface area contributed by atoms with Crippen molar-refractivity contribution in [2.24, 2.45) is 0 Å². The number of carbonyl (C=O) groups is 2. The number of esters is 1. The first-order valence-electron chi connectivity index (χ1n) is 8.89. The molecular formula is C20H18N6O3. The van der Waals surface area contributed by atoms with E-state index in [1.165, 1.54) is 7.11 Å². The lowest BCUT2D eigenvalue weighted by Gasteiger charge is -2.28. The number of amides is 1. The number of fused-ring (bicyclic) bond motifs is 1. The third kappa shape index (κ3) is 3.45. The average Bonchev–Trinajstić information content (AvgIpc) is 3.21. The Labute approximate surface area is 166 Å². The van der Waals surface area contributed by atoms with Crippen molar-refractivity contribution < 1.29 is 14.3 Å². The number of nitrogens with one attached hydrogen (secondary N) is 2. The van der Waals surface area contributed by atoms with Crippen LogP contribution in [0.5, 0.6) is 0 Å². The van der Waals surface area contributed by atoms with Gasteiger partial charge in [-0.2, -0.15) is 4.68 Å². The Morgan fingerprint density at radius 3 is 2.52 bits per heavy atom. The highest BCUT2D eigenvalue weighted by atomic mass is 16.5. The van der Waals surface area contributed by atoms with Crippen molar-refractivity contribution in [3.8, 4) is 0 Å². The molecular weight excluding hydrogens is 372 g/mol. The van der Waals surface area contributed by atoms with Gasteiger partial charge >= 0.3 is 5.97 Å². The van der Waals surface area contributed by atoms with Crippen LogP contribution in [0.2, 0.25) is 0 Å². The van der Waals surface area contributed by atoms with Crippen LogP contribution in [0, 0.1) is 0 Å². The number of benzene rings is 2. The van der Waals surface area contributed by atoms with Gasteiger partial charge < -0.3 is 15.4 Å². The number of allylic oxidation sites excluding steroid dienone is 1. The van der Waals surface area contributed by atoms with Gasteiger partial charge in [0.2, 0.25) is 5.95 Å². The van der Waals surface area contributed by atoms with E-state index in [1.807, 2.05) is 30.3 Å². The Morgan fingerprint density at radius 2 is 1.83 bits per heavy atom. The lowest BCUT2D eigenvalue weighted by Crippen LogP contribution is -2.31. The zero-order chi connectivity index (χ0) is 20.4. The first kappa shape index (κ1) is 18.4. The van der Waals surface area contributed by atoms with Crippen molar-refractivity contribution in [2.45, 2.75) is 13.0 Å². The van der Waals surface area contributed by atoms with Crippen LogP contribution in [0.25, 0.3) is 0 Å². The summed E-state index contributed by atoms with van der Waals surface area (Å²) < 4.78 is 6.29. The number of nitrogens with zero attached hydrogens (tertiary/aromatic N) is 4. The summed E-state index contributed by atoms with van der Waals surface area (Å²) in [5.41, 5.74) is 2.96. The highest BCUT2D eigenvalue weighted by Gasteiger charge is 2.34. The van der Waals surface area contributed by atoms with Crippen LogP contribution in [0.4, 0.5) is 11.6 Å².